The van der Waals surface area contributed by atoms with E-state index < -0.39 is 45.6 Å². The van der Waals surface area contributed by atoms with Crippen molar-refractivity contribution in [3.63, 3.8) is 0 Å². The molecule has 0 aromatic rings. The zero-order valence-electron chi connectivity index (χ0n) is 13.6. The van der Waals surface area contributed by atoms with Crippen LogP contribution in [0.5, 0.6) is 0 Å². The maximum atomic E-state index is 12.8. The van der Waals surface area contributed by atoms with Gasteiger partial charge in [-0.05, 0) is 36.7 Å². The SMILES string of the molecule is CC1(C)[C@@H]2CC[C@]13CS(=O)(=O)N(C(=O)[C@@H](O)[C@@H]1C=CC(=O)O1)[C@@H]3C2. The largest absolute Gasteiger partial charge is 0.452 e. The van der Waals surface area contributed by atoms with Gasteiger partial charge in [0, 0.05) is 11.5 Å². The molecule has 4 rings (SSSR count). The first-order chi connectivity index (χ1) is 11.1. The molecule has 0 aromatic heterocycles. The Hall–Kier alpha value is -1.41. The minimum absolute atomic E-state index is 0.0487. The summed E-state index contributed by atoms with van der Waals surface area (Å²) in [5.41, 5.74) is -0.585. The number of rotatable bonds is 2. The average Bonchev–Trinajstić information content (AvgIpc) is 3.14. The van der Waals surface area contributed by atoms with Crippen LogP contribution in [-0.2, 0) is 24.3 Å². The Kier molecular flexibility index (Phi) is 3.08. The van der Waals surface area contributed by atoms with Gasteiger partial charge in [-0.2, -0.15) is 0 Å². The minimum Gasteiger partial charge on any atom is -0.452 e. The molecule has 2 aliphatic heterocycles. The van der Waals surface area contributed by atoms with Gasteiger partial charge in [0.2, 0.25) is 10.0 Å². The summed E-state index contributed by atoms with van der Waals surface area (Å²) in [5, 5.41) is 10.3. The zero-order valence-corrected chi connectivity index (χ0v) is 14.5. The van der Waals surface area contributed by atoms with Gasteiger partial charge in [-0.1, -0.05) is 13.8 Å². The Morgan fingerprint density at radius 1 is 1.46 bits per heavy atom. The Bertz CT molecular complexity index is 757. The fraction of sp³-hybridized carbons (Fsp3) is 0.750. The molecule has 1 spiro atoms. The van der Waals surface area contributed by atoms with Crippen LogP contribution in [0.4, 0.5) is 0 Å². The number of carbonyl (C=O) groups is 2. The molecule has 132 valence electrons. The van der Waals surface area contributed by atoms with Crippen LogP contribution >= 0.6 is 0 Å². The quantitative estimate of drug-likeness (QED) is 0.710. The molecule has 2 saturated carbocycles. The third-order valence-electron chi connectivity index (χ3n) is 6.87. The van der Waals surface area contributed by atoms with Crippen LogP contribution in [0, 0.1) is 16.7 Å². The van der Waals surface area contributed by atoms with E-state index in [0.29, 0.717) is 12.3 Å². The van der Waals surface area contributed by atoms with Gasteiger partial charge < -0.3 is 9.84 Å². The highest BCUT2D eigenvalue weighted by Gasteiger charge is 2.72. The monoisotopic (exact) mass is 355 g/mol. The molecule has 24 heavy (non-hydrogen) atoms. The zero-order chi connectivity index (χ0) is 17.5. The second-order valence-electron chi connectivity index (χ2n) is 7.96. The molecular formula is C16H21NO6S. The highest BCUT2D eigenvalue weighted by Crippen LogP contribution is 2.70. The van der Waals surface area contributed by atoms with Crippen LogP contribution < -0.4 is 0 Å². The molecule has 0 aromatic carbocycles. The summed E-state index contributed by atoms with van der Waals surface area (Å²) in [5.74, 6) is -1.19. The van der Waals surface area contributed by atoms with Crippen LogP contribution in [0.25, 0.3) is 0 Å². The van der Waals surface area contributed by atoms with E-state index in [-0.39, 0.29) is 11.2 Å². The number of amides is 1. The third kappa shape index (κ3) is 1.78. The van der Waals surface area contributed by atoms with E-state index >= 15 is 0 Å². The number of cyclic esters (lactones) is 1. The van der Waals surface area contributed by atoms with Crippen LogP contribution in [0.15, 0.2) is 12.2 Å². The highest BCUT2D eigenvalue weighted by atomic mass is 32.2. The lowest BCUT2D eigenvalue weighted by molar-refractivity contribution is -0.151. The van der Waals surface area contributed by atoms with Crippen LogP contribution in [0.2, 0.25) is 0 Å². The van der Waals surface area contributed by atoms with Gasteiger partial charge in [0.1, 0.15) is 0 Å². The Balaban J connectivity index is 1.67. The van der Waals surface area contributed by atoms with E-state index in [2.05, 4.69) is 13.8 Å². The first-order valence-electron chi connectivity index (χ1n) is 8.23. The summed E-state index contributed by atoms with van der Waals surface area (Å²) in [4.78, 5) is 23.9. The molecular weight excluding hydrogens is 334 g/mol. The van der Waals surface area contributed by atoms with Crippen LogP contribution in [0.1, 0.15) is 33.1 Å². The van der Waals surface area contributed by atoms with Crippen molar-refractivity contribution in [3.05, 3.63) is 12.2 Å². The van der Waals surface area contributed by atoms with Gasteiger partial charge in [0.25, 0.3) is 5.91 Å². The summed E-state index contributed by atoms with van der Waals surface area (Å²) >= 11 is 0. The summed E-state index contributed by atoms with van der Waals surface area (Å²) < 4.78 is 31.2. The van der Waals surface area contributed by atoms with Gasteiger partial charge in [0.15, 0.2) is 12.2 Å². The molecule has 0 radical (unpaired) electrons. The van der Waals surface area contributed by atoms with E-state index in [9.17, 15) is 23.1 Å². The lowest BCUT2D eigenvalue weighted by Gasteiger charge is -2.37. The van der Waals surface area contributed by atoms with Crippen molar-refractivity contribution in [1.82, 2.24) is 4.31 Å². The van der Waals surface area contributed by atoms with Crippen molar-refractivity contribution in [1.29, 1.82) is 0 Å². The number of hydrogen-bond acceptors (Lipinski definition) is 6. The molecule has 1 N–H and O–H groups in total. The number of fused-ring (bicyclic) bond motifs is 1. The minimum atomic E-state index is -3.79. The van der Waals surface area contributed by atoms with Gasteiger partial charge in [-0.15, -0.1) is 0 Å². The van der Waals surface area contributed by atoms with Crippen molar-refractivity contribution < 1.29 is 27.9 Å². The fourth-order valence-electron chi connectivity index (χ4n) is 5.41. The third-order valence-corrected chi connectivity index (χ3v) is 8.78. The summed E-state index contributed by atoms with van der Waals surface area (Å²) in [6.45, 7) is 4.18. The van der Waals surface area contributed by atoms with Gasteiger partial charge >= 0.3 is 5.97 Å². The smallest absolute Gasteiger partial charge is 0.331 e. The van der Waals surface area contributed by atoms with E-state index in [4.69, 9.17) is 4.74 Å². The topological polar surface area (TPSA) is 101 Å². The number of aliphatic hydroxyl groups excluding tert-OH is 1. The predicted molar refractivity (Wildman–Crippen MR) is 83.0 cm³/mol. The molecule has 8 heteroatoms. The number of nitrogens with zero attached hydrogens (tertiary/aromatic N) is 1. The number of aliphatic hydroxyl groups is 1. The second-order valence-corrected chi connectivity index (χ2v) is 9.81. The van der Waals surface area contributed by atoms with Crippen molar-refractivity contribution in [2.75, 3.05) is 5.75 Å². The number of sulfonamides is 1. The first-order valence-corrected chi connectivity index (χ1v) is 9.84. The number of hydrogen-bond donors (Lipinski definition) is 1. The van der Waals surface area contributed by atoms with Gasteiger partial charge in [-0.25, -0.2) is 17.5 Å². The average molecular weight is 355 g/mol. The summed E-state index contributed by atoms with van der Waals surface area (Å²) in [6, 6.07) is -0.403. The number of carbonyl (C=O) groups excluding carboxylic acids is 2. The first kappa shape index (κ1) is 16.1. The molecule has 2 bridgehead atoms. The fourth-order valence-corrected chi connectivity index (χ4v) is 7.96. The Morgan fingerprint density at radius 3 is 2.75 bits per heavy atom. The van der Waals surface area contributed by atoms with Gasteiger partial charge in [-0.3, -0.25) is 4.79 Å². The molecule has 4 aliphatic rings. The maximum absolute atomic E-state index is 12.8. The second kappa shape index (κ2) is 4.60. The lowest BCUT2D eigenvalue weighted by atomic mass is 9.69. The van der Waals surface area contributed by atoms with E-state index in [1.54, 1.807) is 0 Å². The molecule has 7 nitrogen and oxygen atoms in total. The number of ether oxygens (including phenoxy) is 1. The van der Waals surface area contributed by atoms with Crippen molar-refractivity contribution in [2.24, 2.45) is 16.7 Å². The summed E-state index contributed by atoms with van der Waals surface area (Å²) in [7, 11) is -3.79. The standard InChI is InChI=1S/C16H21NO6S/c1-15(2)9-5-6-16(15)8-24(21,22)17(11(16)7-9)14(20)13(19)10-3-4-12(18)23-10/h3-4,9-11,13,19H,5-8H2,1-2H3/t9-,10+,11-,13+,16-/m1/s1. The van der Waals surface area contributed by atoms with Crippen molar-refractivity contribution >= 4 is 21.9 Å². The normalized spacial score (nSPS) is 42.2. The molecule has 2 heterocycles. The molecule has 1 saturated heterocycles. The molecule has 3 fully saturated rings. The van der Waals surface area contributed by atoms with Crippen LogP contribution in [-0.4, -0.2) is 53.7 Å². The van der Waals surface area contributed by atoms with Crippen LogP contribution in [0.3, 0.4) is 0 Å². The van der Waals surface area contributed by atoms with E-state index in [1.807, 2.05) is 0 Å². The van der Waals surface area contributed by atoms with E-state index in [1.165, 1.54) is 6.08 Å². The maximum Gasteiger partial charge on any atom is 0.331 e. The molecule has 2 aliphatic carbocycles. The number of esters is 1. The van der Waals surface area contributed by atoms with Crippen molar-refractivity contribution in [2.45, 2.75) is 51.4 Å². The van der Waals surface area contributed by atoms with Crippen molar-refractivity contribution in [3.8, 4) is 0 Å². The molecule has 1 amide bonds. The lowest BCUT2D eigenvalue weighted by Crippen LogP contribution is -2.50. The van der Waals surface area contributed by atoms with Gasteiger partial charge in [0.05, 0.1) is 11.8 Å². The highest BCUT2D eigenvalue weighted by molar-refractivity contribution is 7.90. The summed E-state index contributed by atoms with van der Waals surface area (Å²) in [6.07, 6.45) is 2.00. The Labute approximate surface area is 140 Å². The predicted octanol–water partition coefficient (Wildman–Crippen LogP) is 0.196. The molecule has 5 atom stereocenters. The van der Waals surface area contributed by atoms with E-state index in [0.717, 1.165) is 23.2 Å². The Morgan fingerprint density at radius 2 is 2.17 bits per heavy atom. The molecule has 0 unspecified atom stereocenters.